The van der Waals surface area contributed by atoms with Crippen LogP contribution in [0.3, 0.4) is 0 Å². The Hall–Kier alpha value is -2.70. The number of benzene rings is 1. The van der Waals surface area contributed by atoms with E-state index in [2.05, 4.69) is 21.8 Å². The molecule has 3 heterocycles. The fourth-order valence-electron chi connectivity index (χ4n) is 4.03. The number of halogens is 1. The van der Waals surface area contributed by atoms with Crippen LogP contribution in [0.2, 0.25) is 0 Å². The third-order valence-electron chi connectivity index (χ3n) is 5.89. The van der Waals surface area contributed by atoms with Crippen molar-refractivity contribution < 1.29 is 9.18 Å². The van der Waals surface area contributed by atoms with E-state index in [0.29, 0.717) is 49.4 Å². The molecule has 0 N–H and O–H groups in total. The van der Waals surface area contributed by atoms with Crippen LogP contribution in [0, 0.1) is 18.7 Å². The van der Waals surface area contributed by atoms with Crippen LogP contribution >= 0.6 is 0 Å². The first-order chi connectivity index (χ1) is 14.0. The average molecular weight is 397 g/mol. The lowest BCUT2D eigenvalue weighted by atomic mass is 9.99. The maximum atomic E-state index is 14.1. The Morgan fingerprint density at radius 3 is 2.34 bits per heavy atom. The summed E-state index contributed by atoms with van der Waals surface area (Å²) in [5.41, 5.74) is 1.89. The maximum Gasteiger partial charge on any atom is 0.272 e. The zero-order valence-electron chi connectivity index (χ0n) is 17.1. The number of carbonyl (C=O) groups is 1. The molecule has 1 amide bonds. The third-order valence-corrected chi connectivity index (χ3v) is 5.89. The Labute approximate surface area is 171 Å². The summed E-state index contributed by atoms with van der Waals surface area (Å²) in [6.45, 7) is 8.46. The van der Waals surface area contributed by atoms with Gasteiger partial charge in [0, 0.05) is 45.0 Å². The van der Waals surface area contributed by atoms with Crippen molar-refractivity contribution in [2.75, 3.05) is 49.1 Å². The molecule has 0 radical (unpaired) electrons. The standard InChI is InChI=1S/C22H28FN5O/c1-16-7-9-27(10-8-16)21(29)19-15-17(2)24-22(25-19)28-13-11-26(12-14-28)20-6-4-3-5-18(20)23/h3-6,15-16H,7-14H2,1-2H3. The van der Waals surface area contributed by atoms with Gasteiger partial charge in [0.05, 0.1) is 5.69 Å². The molecule has 2 aliphatic heterocycles. The highest BCUT2D eigenvalue weighted by atomic mass is 19.1. The normalized spacial score (nSPS) is 18.2. The van der Waals surface area contributed by atoms with E-state index in [1.807, 2.05) is 28.9 Å². The van der Waals surface area contributed by atoms with Crippen LogP contribution in [0.4, 0.5) is 16.0 Å². The van der Waals surface area contributed by atoms with Crippen LogP contribution in [0.1, 0.15) is 35.9 Å². The Morgan fingerprint density at radius 2 is 1.66 bits per heavy atom. The van der Waals surface area contributed by atoms with Crippen LogP contribution < -0.4 is 9.80 Å². The van der Waals surface area contributed by atoms with E-state index in [0.717, 1.165) is 31.6 Å². The molecule has 4 rings (SSSR count). The number of para-hydroxylation sites is 1. The first kappa shape index (κ1) is 19.6. The Morgan fingerprint density at radius 1 is 1.00 bits per heavy atom. The van der Waals surface area contributed by atoms with Crippen molar-refractivity contribution >= 4 is 17.5 Å². The second kappa shape index (κ2) is 8.35. The number of aromatic nitrogens is 2. The van der Waals surface area contributed by atoms with Gasteiger partial charge in [-0.3, -0.25) is 4.79 Å². The second-order valence-electron chi connectivity index (χ2n) is 8.09. The Bertz CT molecular complexity index is 873. The highest BCUT2D eigenvalue weighted by Gasteiger charge is 2.25. The first-order valence-corrected chi connectivity index (χ1v) is 10.4. The van der Waals surface area contributed by atoms with E-state index in [1.54, 1.807) is 12.1 Å². The number of rotatable bonds is 3. The predicted octanol–water partition coefficient (Wildman–Crippen LogP) is 3.12. The number of carbonyl (C=O) groups excluding carboxylic acids is 1. The number of piperazine rings is 1. The third kappa shape index (κ3) is 4.33. The topological polar surface area (TPSA) is 52.6 Å². The van der Waals surface area contributed by atoms with Gasteiger partial charge in [-0.1, -0.05) is 19.1 Å². The molecular formula is C22H28FN5O. The highest BCUT2D eigenvalue weighted by Crippen LogP contribution is 2.23. The van der Waals surface area contributed by atoms with Crippen LogP contribution in [-0.4, -0.2) is 60.0 Å². The molecule has 6 nitrogen and oxygen atoms in total. The van der Waals surface area contributed by atoms with Gasteiger partial charge in [-0.05, 0) is 43.9 Å². The smallest absolute Gasteiger partial charge is 0.272 e. The van der Waals surface area contributed by atoms with Gasteiger partial charge in [0.25, 0.3) is 5.91 Å². The minimum absolute atomic E-state index is 0.00589. The fraction of sp³-hybridized carbons (Fsp3) is 0.500. The molecule has 7 heteroatoms. The summed E-state index contributed by atoms with van der Waals surface area (Å²) in [4.78, 5) is 28.1. The summed E-state index contributed by atoms with van der Waals surface area (Å²) in [6, 6.07) is 8.64. The SMILES string of the molecule is Cc1cc(C(=O)N2CCC(C)CC2)nc(N2CCN(c3ccccc3F)CC2)n1. The van der Waals surface area contributed by atoms with Gasteiger partial charge in [-0.15, -0.1) is 0 Å². The highest BCUT2D eigenvalue weighted by molar-refractivity contribution is 5.92. The molecule has 29 heavy (non-hydrogen) atoms. The molecule has 1 aromatic carbocycles. The molecular weight excluding hydrogens is 369 g/mol. The van der Waals surface area contributed by atoms with Crippen molar-refractivity contribution in [1.29, 1.82) is 0 Å². The molecule has 2 aliphatic rings. The van der Waals surface area contributed by atoms with E-state index >= 15 is 0 Å². The fourth-order valence-corrected chi connectivity index (χ4v) is 4.03. The summed E-state index contributed by atoms with van der Waals surface area (Å²) in [5.74, 6) is 1.06. The molecule has 154 valence electrons. The molecule has 2 aromatic rings. The maximum absolute atomic E-state index is 14.1. The van der Waals surface area contributed by atoms with Crippen molar-refractivity contribution in [2.45, 2.75) is 26.7 Å². The number of nitrogens with zero attached hydrogens (tertiary/aromatic N) is 5. The van der Waals surface area contributed by atoms with Gasteiger partial charge in [-0.2, -0.15) is 0 Å². The number of hydrogen-bond donors (Lipinski definition) is 0. The lowest BCUT2D eigenvalue weighted by Crippen LogP contribution is -2.47. The quantitative estimate of drug-likeness (QED) is 0.797. The predicted molar refractivity (Wildman–Crippen MR) is 112 cm³/mol. The van der Waals surface area contributed by atoms with Gasteiger partial charge in [0.15, 0.2) is 0 Å². The second-order valence-corrected chi connectivity index (χ2v) is 8.09. The van der Waals surface area contributed by atoms with Crippen molar-refractivity contribution in [2.24, 2.45) is 5.92 Å². The molecule has 0 unspecified atom stereocenters. The zero-order chi connectivity index (χ0) is 20.4. The summed E-state index contributed by atoms with van der Waals surface area (Å²) >= 11 is 0. The Kier molecular flexibility index (Phi) is 5.65. The molecule has 0 bridgehead atoms. The van der Waals surface area contributed by atoms with Crippen LogP contribution in [-0.2, 0) is 0 Å². The monoisotopic (exact) mass is 397 g/mol. The number of amides is 1. The molecule has 0 aliphatic carbocycles. The van der Waals surface area contributed by atoms with Crippen molar-refractivity contribution in [1.82, 2.24) is 14.9 Å². The summed E-state index contributed by atoms with van der Waals surface area (Å²) < 4.78 is 14.1. The van der Waals surface area contributed by atoms with Crippen LogP contribution in [0.25, 0.3) is 0 Å². The first-order valence-electron chi connectivity index (χ1n) is 10.4. The van der Waals surface area contributed by atoms with Gasteiger partial charge in [-0.25, -0.2) is 14.4 Å². The van der Waals surface area contributed by atoms with Crippen LogP contribution in [0.15, 0.2) is 30.3 Å². The van der Waals surface area contributed by atoms with E-state index in [-0.39, 0.29) is 11.7 Å². The number of aryl methyl sites for hydroxylation is 1. The summed E-state index contributed by atoms with van der Waals surface area (Å²) in [5, 5.41) is 0. The van der Waals surface area contributed by atoms with Crippen molar-refractivity contribution in [3.05, 3.63) is 47.5 Å². The summed E-state index contributed by atoms with van der Waals surface area (Å²) in [7, 11) is 0. The zero-order valence-corrected chi connectivity index (χ0v) is 17.1. The van der Waals surface area contributed by atoms with Gasteiger partial charge >= 0.3 is 0 Å². The van der Waals surface area contributed by atoms with Gasteiger partial charge < -0.3 is 14.7 Å². The lowest BCUT2D eigenvalue weighted by Gasteiger charge is -2.36. The largest absolute Gasteiger partial charge is 0.366 e. The molecule has 2 fully saturated rings. The minimum atomic E-state index is -0.198. The lowest BCUT2D eigenvalue weighted by molar-refractivity contribution is 0.0691. The number of anilines is 2. The molecule has 0 spiro atoms. The van der Waals surface area contributed by atoms with Crippen LogP contribution in [0.5, 0.6) is 0 Å². The van der Waals surface area contributed by atoms with Gasteiger partial charge in [0.1, 0.15) is 11.5 Å². The van der Waals surface area contributed by atoms with E-state index in [1.165, 1.54) is 6.07 Å². The van der Waals surface area contributed by atoms with E-state index in [4.69, 9.17) is 0 Å². The molecule has 2 saturated heterocycles. The van der Waals surface area contributed by atoms with Gasteiger partial charge in [0.2, 0.25) is 5.95 Å². The number of likely N-dealkylation sites (tertiary alicyclic amines) is 1. The minimum Gasteiger partial charge on any atom is -0.366 e. The molecule has 0 saturated carbocycles. The molecule has 0 atom stereocenters. The summed E-state index contributed by atoms with van der Waals surface area (Å²) in [6.07, 6.45) is 2.08. The van der Waals surface area contributed by atoms with Crippen molar-refractivity contribution in [3.8, 4) is 0 Å². The molecule has 1 aromatic heterocycles. The number of hydrogen-bond acceptors (Lipinski definition) is 5. The van der Waals surface area contributed by atoms with E-state index in [9.17, 15) is 9.18 Å². The number of piperidine rings is 1. The van der Waals surface area contributed by atoms with Crippen molar-refractivity contribution in [3.63, 3.8) is 0 Å². The average Bonchev–Trinajstić information content (AvgIpc) is 2.74. The van der Waals surface area contributed by atoms with E-state index < -0.39 is 0 Å². The Balaban J connectivity index is 1.46.